The maximum Gasteiger partial charge on any atom is 0.238 e. The summed E-state index contributed by atoms with van der Waals surface area (Å²) >= 11 is 5.83. The quantitative estimate of drug-likeness (QED) is 0.777. The van der Waals surface area contributed by atoms with Crippen LogP contribution in [0.15, 0.2) is 18.2 Å². The largest absolute Gasteiger partial charge is 0.325 e. The Bertz CT molecular complexity index is 366. The molecule has 0 aliphatic carbocycles. The van der Waals surface area contributed by atoms with Crippen molar-refractivity contribution in [3.05, 3.63) is 28.8 Å². The van der Waals surface area contributed by atoms with Gasteiger partial charge in [0.1, 0.15) is 0 Å². The summed E-state index contributed by atoms with van der Waals surface area (Å²) in [5.41, 5.74) is 1.78. The number of hydrogen-bond donors (Lipinski definition) is 2. The van der Waals surface area contributed by atoms with E-state index in [1.54, 1.807) is 6.07 Å². The Hall–Kier alpha value is -1.06. The highest BCUT2D eigenvalue weighted by atomic mass is 35.5. The van der Waals surface area contributed by atoms with E-state index in [4.69, 9.17) is 11.6 Å². The van der Waals surface area contributed by atoms with Crippen LogP contribution in [0.25, 0.3) is 0 Å². The molecule has 0 unspecified atom stereocenters. The molecular formula is C12H17ClN2O. The first-order valence-corrected chi connectivity index (χ1v) is 5.78. The molecule has 0 aromatic heterocycles. The molecule has 0 bridgehead atoms. The third-order valence-electron chi connectivity index (χ3n) is 2.17. The molecular weight excluding hydrogens is 224 g/mol. The van der Waals surface area contributed by atoms with Gasteiger partial charge in [0.15, 0.2) is 0 Å². The van der Waals surface area contributed by atoms with E-state index in [0.717, 1.165) is 24.2 Å². The maximum atomic E-state index is 11.5. The Morgan fingerprint density at radius 1 is 1.44 bits per heavy atom. The van der Waals surface area contributed by atoms with Crippen molar-refractivity contribution in [1.29, 1.82) is 0 Å². The van der Waals surface area contributed by atoms with Gasteiger partial charge in [-0.15, -0.1) is 0 Å². The highest BCUT2D eigenvalue weighted by Crippen LogP contribution is 2.19. The molecule has 2 N–H and O–H groups in total. The molecule has 0 saturated carbocycles. The molecule has 3 nitrogen and oxygen atoms in total. The summed E-state index contributed by atoms with van der Waals surface area (Å²) in [6.07, 6.45) is 1.02. The second-order valence-corrected chi connectivity index (χ2v) is 4.12. The van der Waals surface area contributed by atoms with Crippen molar-refractivity contribution in [3.63, 3.8) is 0 Å². The van der Waals surface area contributed by atoms with Gasteiger partial charge in [0.25, 0.3) is 0 Å². The minimum Gasteiger partial charge on any atom is -0.325 e. The molecule has 1 aromatic rings. The van der Waals surface area contributed by atoms with E-state index >= 15 is 0 Å². The molecule has 0 aliphatic heterocycles. The SMILES string of the molecule is CCCNCC(=O)Nc1ccc(Cl)cc1C. The maximum absolute atomic E-state index is 11.5. The van der Waals surface area contributed by atoms with Gasteiger partial charge >= 0.3 is 0 Å². The molecule has 0 radical (unpaired) electrons. The van der Waals surface area contributed by atoms with Gasteiger partial charge in [0.2, 0.25) is 5.91 Å². The van der Waals surface area contributed by atoms with Gasteiger partial charge in [-0.2, -0.15) is 0 Å². The van der Waals surface area contributed by atoms with Crippen LogP contribution in [0.3, 0.4) is 0 Å². The molecule has 4 heteroatoms. The first-order chi connectivity index (χ1) is 7.63. The van der Waals surface area contributed by atoms with Crippen LogP contribution in [-0.2, 0) is 4.79 Å². The highest BCUT2D eigenvalue weighted by Gasteiger charge is 2.04. The minimum absolute atomic E-state index is 0.0288. The van der Waals surface area contributed by atoms with Gasteiger partial charge in [-0.05, 0) is 43.7 Å². The Kier molecular flexibility index (Phi) is 5.29. The summed E-state index contributed by atoms with van der Waals surface area (Å²) in [6, 6.07) is 5.41. The fourth-order valence-corrected chi connectivity index (χ4v) is 1.57. The first kappa shape index (κ1) is 13.0. The van der Waals surface area contributed by atoms with Crippen LogP contribution in [-0.4, -0.2) is 19.0 Å². The lowest BCUT2D eigenvalue weighted by atomic mass is 10.2. The molecule has 1 aromatic carbocycles. The van der Waals surface area contributed by atoms with Crippen molar-refractivity contribution in [2.75, 3.05) is 18.4 Å². The second-order valence-electron chi connectivity index (χ2n) is 3.68. The van der Waals surface area contributed by atoms with Gasteiger partial charge in [-0.3, -0.25) is 4.79 Å². The van der Waals surface area contributed by atoms with Crippen molar-refractivity contribution in [3.8, 4) is 0 Å². The Balaban J connectivity index is 2.49. The predicted octanol–water partition coefficient (Wildman–Crippen LogP) is 2.59. The van der Waals surface area contributed by atoms with Crippen LogP contribution in [0.4, 0.5) is 5.69 Å². The van der Waals surface area contributed by atoms with Crippen LogP contribution in [0.1, 0.15) is 18.9 Å². The van der Waals surface area contributed by atoms with Gasteiger partial charge in [-0.1, -0.05) is 18.5 Å². The van der Waals surface area contributed by atoms with E-state index < -0.39 is 0 Å². The third-order valence-corrected chi connectivity index (χ3v) is 2.41. The number of carbonyl (C=O) groups is 1. The lowest BCUT2D eigenvalue weighted by Gasteiger charge is -2.09. The van der Waals surface area contributed by atoms with Crippen LogP contribution >= 0.6 is 11.6 Å². The fraction of sp³-hybridized carbons (Fsp3) is 0.417. The second kappa shape index (κ2) is 6.51. The standard InChI is InChI=1S/C12H17ClN2O/c1-3-6-14-8-12(16)15-11-5-4-10(13)7-9(11)2/h4-5,7,14H,3,6,8H2,1-2H3,(H,15,16). The molecule has 0 atom stereocenters. The molecule has 16 heavy (non-hydrogen) atoms. The van der Waals surface area contributed by atoms with Crippen LogP contribution in [0, 0.1) is 6.92 Å². The van der Waals surface area contributed by atoms with Crippen molar-refractivity contribution in [2.45, 2.75) is 20.3 Å². The van der Waals surface area contributed by atoms with E-state index in [1.165, 1.54) is 0 Å². The third kappa shape index (κ3) is 4.21. The zero-order chi connectivity index (χ0) is 12.0. The van der Waals surface area contributed by atoms with E-state index in [2.05, 4.69) is 17.6 Å². The number of benzene rings is 1. The van der Waals surface area contributed by atoms with E-state index in [0.29, 0.717) is 11.6 Å². The molecule has 0 spiro atoms. The average molecular weight is 241 g/mol. The number of nitrogens with one attached hydrogen (secondary N) is 2. The van der Waals surface area contributed by atoms with Crippen LogP contribution in [0.5, 0.6) is 0 Å². The summed E-state index contributed by atoms with van der Waals surface area (Å²) in [5.74, 6) is -0.0288. The smallest absolute Gasteiger partial charge is 0.238 e. The van der Waals surface area contributed by atoms with E-state index in [-0.39, 0.29) is 5.91 Å². The molecule has 1 amide bonds. The molecule has 0 saturated heterocycles. The van der Waals surface area contributed by atoms with Crippen molar-refractivity contribution < 1.29 is 4.79 Å². The number of hydrogen-bond acceptors (Lipinski definition) is 2. The van der Waals surface area contributed by atoms with Crippen LogP contribution in [0.2, 0.25) is 5.02 Å². The number of aryl methyl sites for hydroxylation is 1. The topological polar surface area (TPSA) is 41.1 Å². The van der Waals surface area contributed by atoms with Gasteiger partial charge < -0.3 is 10.6 Å². The lowest BCUT2D eigenvalue weighted by molar-refractivity contribution is -0.115. The highest BCUT2D eigenvalue weighted by molar-refractivity contribution is 6.30. The van der Waals surface area contributed by atoms with E-state index in [9.17, 15) is 4.79 Å². The number of halogens is 1. The lowest BCUT2D eigenvalue weighted by Crippen LogP contribution is -2.28. The van der Waals surface area contributed by atoms with Gasteiger partial charge in [0.05, 0.1) is 6.54 Å². The number of anilines is 1. The Morgan fingerprint density at radius 3 is 2.81 bits per heavy atom. The molecule has 0 heterocycles. The van der Waals surface area contributed by atoms with E-state index in [1.807, 2.05) is 19.1 Å². The number of rotatable bonds is 5. The zero-order valence-electron chi connectivity index (χ0n) is 9.64. The molecule has 0 fully saturated rings. The van der Waals surface area contributed by atoms with Crippen molar-refractivity contribution in [1.82, 2.24) is 5.32 Å². The Morgan fingerprint density at radius 2 is 2.19 bits per heavy atom. The number of carbonyl (C=O) groups excluding carboxylic acids is 1. The summed E-state index contributed by atoms with van der Waals surface area (Å²) in [4.78, 5) is 11.5. The average Bonchev–Trinajstić information content (AvgIpc) is 2.23. The van der Waals surface area contributed by atoms with Gasteiger partial charge in [0, 0.05) is 10.7 Å². The van der Waals surface area contributed by atoms with Crippen molar-refractivity contribution in [2.24, 2.45) is 0 Å². The summed E-state index contributed by atoms with van der Waals surface area (Å²) in [6.45, 7) is 5.18. The minimum atomic E-state index is -0.0288. The molecule has 0 aliphatic rings. The van der Waals surface area contributed by atoms with Gasteiger partial charge in [-0.25, -0.2) is 0 Å². The Labute approximate surface area is 101 Å². The normalized spacial score (nSPS) is 10.2. The summed E-state index contributed by atoms with van der Waals surface area (Å²) in [5, 5.41) is 6.56. The van der Waals surface area contributed by atoms with Crippen molar-refractivity contribution >= 4 is 23.2 Å². The zero-order valence-corrected chi connectivity index (χ0v) is 10.4. The molecule has 1 rings (SSSR count). The molecule has 88 valence electrons. The first-order valence-electron chi connectivity index (χ1n) is 5.40. The predicted molar refractivity (Wildman–Crippen MR) is 68.0 cm³/mol. The summed E-state index contributed by atoms with van der Waals surface area (Å²) < 4.78 is 0. The fourth-order valence-electron chi connectivity index (χ4n) is 1.34. The monoisotopic (exact) mass is 240 g/mol. The van der Waals surface area contributed by atoms with Crippen LogP contribution < -0.4 is 10.6 Å². The summed E-state index contributed by atoms with van der Waals surface area (Å²) in [7, 11) is 0. The number of amides is 1.